The van der Waals surface area contributed by atoms with Crippen LogP contribution >= 0.6 is 39.1 Å². The van der Waals surface area contributed by atoms with Gasteiger partial charge in [-0.2, -0.15) is 0 Å². The predicted octanol–water partition coefficient (Wildman–Crippen LogP) is 4.29. The largest absolute Gasteiger partial charge is 0.349 e. The maximum absolute atomic E-state index is 11.9. The Kier molecular flexibility index (Phi) is 6.31. The Morgan fingerprint density at radius 2 is 1.94 bits per heavy atom. The van der Waals surface area contributed by atoms with E-state index in [2.05, 4.69) is 21.2 Å². The molecular weight excluding hydrogens is 325 g/mol. The second-order valence-electron chi connectivity index (χ2n) is 3.71. The minimum atomic E-state index is -0.137. The molecule has 2 nitrogen and oxygen atoms in total. The molecule has 1 N–H and O–H groups in total. The van der Waals surface area contributed by atoms with Crippen LogP contribution in [0.1, 0.15) is 30.1 Å². The summed E-state index contributed by atoms with van der Waals surface area (Å²) >= 11 is 15.1. The highest BCUT2D eigenvalue weighted by molar-refractivity contribution is 9.09. The second kappa shape index (κ2) is 7.24. The molecule has 0 spiro atoms. The first kappa shape index (κ1) is 14.8. The number of benzene rings is 1. The zero-order valence-electron chi connectivity index (χ0n) is 9.47. The van der Waals surface area contributed by atoms with Crippen LogP contribution in [0.25, 0.3) is 0 Å². The fourth-order valence-electron chi connectivity index (χ4n) is 1.46. The van der Waals surface area contributed by atoms with Crippen molar-refractivity contribution in [2.24, 2.45) is 0 Å². The van der Waals surface area contributed by atoms with Crippen LogP contribution in [0.2, 0.25) is 10.0 Å². The quantitative estimate of drug-likeness (QED) is 0.797. The minimum Gasteiger partial charge on any atom is -0.349 e. The van der Waals surface area contributed by atoms with E-state index < -0.39 is 0 Å². The number of hydrogen-bond donors (Lipinski definition) is 1. The van der Waals surface area contributed by atoms with Crippen LogP contribution in [0.3, 0.4) is 0 Å². The van der Waals surface area contributed by atoms with E-state index in [0.29, 0.717) is 15.6 Å². The van der Waals surface area contributed by atoms with Gasteiger partial charge in [-0.3, -0.25) is 4.79 Å². The Hall–Kier alpha value is -0.250. The molecule has 1 unspecified atom stereocenters. The molecule has 5 heteroatoms. The molecule has 0 saturated heterocycles. The van der Waals surface area contributed by atoms with Crippen molar-refractivity contribution in [2.45, 2.75) is 25.8 Å². The van der Waals surface area contributed by atoms with E-state index in [-0.39, 0.29) is 11.9 Å². The van der Waals surface area contributed by atoms with Gasteiger partial charge in [0.25, 0.3) is 5.91 Å². The van der Waals surface area contributed by atoms with E-state index in [1.165, 1.54) is 0 Å². The van der Waals surface area contributed by atoms with Gasteiger partial charge in [-0.25, -0.2) is 0 Å². The molecule has 1 aromatic carbocycles. The maximum atomic E-state index is 11.9. The summed E-state index contributed by atoms with van der Waals surface area (Å²) in [5, 5.41) is 4.75. The van der Waals surface area contributed by atoms with Gasteiger partial charge in [-0.15, -0.1) is 0 Å². The van der Waals surface area contributed by atoms with E-state index in [9.17, 15) is 4.79 Å². The summed E-state index contributed by atoms with van der Waals surface area (Å²) in [6, 6.07) is 5.00. The molecule has 0 fully saturated rings. The van der Waals surface area contributed by atoms with Crippen LogP contribution in [0, 0.1) is 0 Å². The average molecular weight is 339 g/mol. The molecule has 0 bridgehead atoms. The molecule has 94 valence electrons. The van der Waals surface area contributed by atoms with Crippen LogP contribution in [0.15, 0.2) is 18.2 Å². The number of halogens is 3. The van der Waals surface area contributed by atoms with E-state index in [0.717, 1.165) is 18.2 Å². The number of rotatable bonds is 5. The molecular formula is C12H14BrCl2NO. The monoisotopic (exact) mass is 337 g/mol. The van der Waals surface area contributed by atoms with E-state index in [4.69, 9.17) is 23.2 Å². The molecule has 0 aromatic heterocycles. The molecule has 1 aromatic rings. The van der Waals surface area contributed by atoms with Gasteiger partial charge in [0, 0.05) is 27.0 Å². The molecule has 0 radical (unpaired) electrons. The zero-order chi connectivity index (χ0) is 12.8. The van der Waals surface area contributed by atoms with Crippen molar-refractivity contribution in [1.82, 2.24) is 5.32 Å². The van der Waals surface area contributed by atoms with Gasteiger partial charge in [0.05, 0.1) is 0 Å². The van der Waals surface area contributed by atoms with E-state index in [1.807, 2.05) is 6.92 Å². The highest BCUT2D eigenvalue weighted by atomic mass is 79.9. The Balaban J connectivity index is 2.75. The van der Waals surface area contributed by atoms with E-state index >= 15 is 0 Å². The normalized spacial score (nSPS) is 12.2. The molecule has 1 atom stereocenters. The topological polar surface area (TPSA) is 29.1 Å². The fraction of sp³-hybridized carbons (Fsp3) is 0.417. The molecule has 1 rings (SSSR count). The average Bonchev–Trinajstić information content (AvgIpc) is 2.27. The second-order valence-corrected chi connectivity index (χ2v) is 5.38. The molecule has 0 heterocycles. The predicted molar refractivity (Wildman–Crippen MR) is 76.4 cm³/mol. The number of carbonyl (C=O) groups excluding carboxylic acids is 1. The van der Waals surface area contributed by atoms with Gasteiger partial charge in [-0.1, -0.05) is 46.1 Å². The summed E-state index contributed by atoms with van der Waals surface area (Å²) in [4.78, 5) is 11.9. The summed E-state index contributed by atoms with van der Waals surface area (Å²) in [5.41, 5.74) is 0.496. The molecule has 1 amide bonds. The van der Waals surface area contributed by atoms with Crippen molar-refractivity contribution in [3.8, 4) is 0 Å². The van der Waals surface area contributed by atoms with Crippen LogP contribution < -0.4 is 5.32 Å². The first-order valence-electron chi connectivity index (χ1n) is 5.39. The Morgan fingerprint density at radius 1 is 1.35 bits per heavy atom. The lowest BCUT2D eigenvalue weighted by Gasteiger charge is -2.15. The lowest BCUT2D eigenvalue weighted by Crippen LogP contribution is -2.34. The van der Waals surface area contributed by atoms with Gasteiger partial charge in [0.1, 0.15) is 0 Å². The summed E-state index contributed by atoms with van der Waals surface area (Å²) in [5.74, 6) is -0.137. The van der Waals surface area contributed by atoms with Gasteiger partial charge in [-0.05, 0) is 31.0 Å². The lowest BCUT2D eigenvalue weighted by molar-refractivity contribution is 0.0935. The van der Waals surface area contributed by atoms with Crippen LogP contribution in [0.4, 0.5) is 0 Å². The number of amides is 1. The molecule has 17 heavy (non-hydrogen) atoms. The molecule has 0 aliphatic rings. The van der Waals surface area contributed by atoms with E-state index in [1.54, 1.807) is 18.2 Å². The number of nitrogens with one attached hydrogen (secondary N) is 1. The first-order valence-corrected chi connectivity index (χ1v) is 7.27. The third-order valence-corrected chi connectivity index (χ3v) is 3.30. The third-order valence-electron chi connectivity index (χ3n) is 2.41. The Labute approximate surface area is 120 Å². The van der Waals surface area contributed by atoms with Crippen molar-refractivity contribution in [1.29, 1.82) is 0 Å². The standard InChI is InChI=1S/C12H14BrCl2NO/c1-2-11(3-4-13)16-12(17)8-5-9(14)7-10(15)6-8/h5-7,11H,2-4H2,1H3,(H,16,17). The van der Waals surface area contributed by atoms with Crippen molar-refractivity contribution in [3.05, 3.63) is 33.8 Å². The number of alkyl halides is 1. The van der Waals surface area contributed by atoms with Crippen LogP contribution in [-0.4, -0.2) is 17.3 Å². The third kappa shape index (κ3) is 4.86. The molecule has 0 saturated carbocycles. The van der Waals surface area contributed by atoms with Crippen molar-refractivity contribution in [2.75, 3.05) is 5.33 Å². The highest BCUT2D eigenvalue weighted by Crippen LogP contribution is 2.19. The van der Waals surface area contributed by atoms with Gasteiger partial charge in [0.15, 0.2) is 0 Å². The van der Waals surface area contributed by atoms with Crippen LogP contribution in [-0.2, 0) is 0 Å². The first-order chi connectivity index (χ1) is 8.06. The van der Waals surface area contributed by atoms with Crippen molar-refractivity contribution < 1.29 is 4.79 Å². The Morgan fingerprint density at radius 3 is 2.41 bits per heavy atom. The van der Waals surface area contributed by atoms with Gasteiger partial charge < -0.3 is 5.32 Å². The summed E-state index contributed by atoms with van der Waals surface area (Å²) in [6.07, 6.45) is 1.79. The fourth-order valence-corrected chi connectivity index (χ4v) is 2.54. The van der Waals surface area contributed by atoms with Gasteiger partial charge >= 0.3 is 0 Å². The minimum absolute atomic E-state index is 0.137. The number of hydrogen-bond acceptors (Lipinski definition) is 1. The lowest BCUT2D eigenvalue weighted by atomic mass is 10.1. The number of carbonyl (C=O) groups is 1. The Bertz CT molecular complexity index is 378. The van der Waals surface area contributed by atoms with Crippen molar-refractivity contribution in [3.63, 3.8) is 0 Å². The van der Waals surface area contributed by atoms with Gasteiger partial charge in [0.2, 0.25) is 0 Å². The van der Waals surface area contributed by atoms with Crippen molar-refractivity contribution >= 4 is 45.0 Å². The summed E-state index contributed by atoms with van der Waals surface area (Å²) in [6.45, 7) is 2.04. The zero-order valence-corrected chi connectivity index (χ0v) is 12.6. The summed E-state index contributed by atoms with van der Waals surface area (Å²) < 4.78 is 0. The van der Waals surface area contributed by atoms with Crippen LogP contribution in [0.5, 0.6) is 0 Å². The molecule has 0 aliphatic carbocycles. The maximum Gasteiger partial charge on any atom is 0.251 e. The molecule has 0 aliphatic heterocycles. The summed E-state index contributed by atoms with van der Waals surface area (Å²) in [7, 11) is 0. The highest BCUT2D eigenvalue weighted by Gasteiger charge is 2.12. The smallest absolute Gasteiger partial charge is 0.251 e. The SMILES string of the molecule is CCC(CCBr)NC(=O)c1cc(Cl)cc(Cl)c1.